The molecule has 0 spiro atoms. The topological polar surface area (TPSA) is 125 Å². The van der Waals surface area contributed by atoms with Crippen molar-refractivity contribution in [3.63, 3.8) is 0 Å². The number of aliphatic hydroxyl groups excluding tert-OH is 1. The molecule has 0 aromatic carbocycles. The lowest BCUT2D eigenvalue weighted by Gasteiger charge is -2.61. The lowest BCUT2D eigenvalue weighted by atomic mass is 9.44. The van der Waals surface area contributed by atoms with Crippen LogP contribution in [0, 0.1) is 34.5 Å². The van der Waals surface area contributed by atoms with Crippen molar-refractivity contribution in [2.45, 2.75) is 65.1 Å². The molecule has 0 aliphatic heterocycles. The molecule has 9 nitrogen and oxygen atoms in total. The molecule has 1 N–H and O–H groups in total. The predicted molar refractivity (Wildman–Crippen MR) is 127 cm³/mol. The number of methoxy groups -OCH3 is 1. The van der Waals surface area contributed by atoms with E-state index < -0.39 is 47.2 Å². The van der Waals surface area contributed by atoms with Crippen LogP contribution in [0.2, 0.25) is 0 Å². The minimum Gasteiger partial charge on any atom is -0.438 e. The van der Waals surface area contributed by atoms with Crippen molar-refractivity contribution < 1.29 is 43.2 Å². The Hall–Kier alpha value is -2.68. The highest BCUT2D eigenvalue weighted by Gasteiger charge is 2.71. The number of rotatable bonds is 5. The molecule has 0 amide bonds. The molecule has 3 saturated carbocycles. The van der Waals surface area contributed by atoms with E-state index in [0.29, 0.717) is 6.42 Å². The van der Waals surface area contributed by atoms with E-state index in [9.17, 15) is 24.3 Å². The molecule has 4 aliphatic carbocycles. The molecular formula is C27H36O9. The first-order valence-corrected chi connectivity index (χ1v) is 12.7. The van der Waals surface area contributed by atoms with E-state index in [-0.39, 0.29) is 48.9 Å². The first-order valence-electron chi connectivity index (χ1n) is 12.7. The second kappa shape index (κ2) is 9.32. The Morgan fingerprint density at radius 2 is 1.89 bits per heavy atom. The van der Waals surface area contributed by atoms with Crippen molar-refractivity contribution in [1.82, 2.24) is 0 Å². The van der Waals surface area contributed by atoms with Crippen LogP contribution in [0.1, 0.15) is 53.4 Å². The zero-order chi connectivity index (χ0) is 26.5. The third kappa shape index (κ3) is 3.86. The molecule has 0 saturated heterocycles. The smallest absolute Gasteiger partial charge is 0.438 e. The Morgan fingerprint density at radius 3 is 2.56 bits per heavy atom. The highest BCUT2D eigenvalue weighted by atomic mass is 16.7. The molecule has 4 aliphatic rings. The first kappa shape index (κ1) is 26.4. The standard InChI is InChI=1S/C27H36O9/c1-6-34-24(32)36-27(21(30)14-35-23(31)33-5)10-8-18-17-11-15(2)19-12-16(28)7-9-25(19,3)22(17)20(29)13-26(18,27)4/h7,9,12,15,17-18,20,22,29H,6,8,10-11,13-14H2,1-5H3/t15-,17-,18-,20?,22+,25-,26-,27-/m0/s1. The van der Waals surface area contributed by atoms with Gasteiger partial charge in [0.05, 0.1) is 19.8 Å². The summed E-state index contributed by atoms with van der Waals surface area (Å²) in [4.78, 5) is 50.0. The number of hydrogen-bond acceptors (Lipinski definition) is 9. The SMILES string of the molecule is CCOC(=O)O[C@]1(C(=O)COC(=O)OC)CC[C@H]2[C@@H]3C[C@H](C)C4=CC(=O)C=C[C@]4(C)[C@H]3C(O)C[C@@]21C. The zero-order valence-electron chi connectivity index (χ0n) is 21.6. The fourth-order valence-corrected chi connectivity index (χ4v) is 8.01. The van der Waals surface area contributed by atoms with Crippen LogP contribution in [0.4, 0.5) is 9.59 Å². The molecule has 0 radical (unpaired) electrons. The largest absolute Gasteiger partial charge is 0.509 e. The number of carbonyl (C=O) groups is 4. The Balaban J connectivity index is 1.73. The molecular weight excluding hydrogens is 468 g/mol. The zero-order valence-corrected chi connectivity index (χ0v) is 21.6. The molecule has 4 rings (SSSR count). The number of aliphatic hydroxyl groups is 1. The van der Waals surface area contributed by atoms with Crippen molar-refractivity contribution in [3.8, 4) is 0 Å². The van der Waals surface area contributed by atoms with Crippen molar-refractivity contribution in [1.29, 1.82) is 0 Å². The summed E-state index contributed by atoms with van der Waals surface area (Å²) in [6, 6.07) is 0. The van der Waals surface area contributed by atoms with Gasteiger partial charge in [0.25, 0.3) is 0 Å². The Kier molecular flexibility index (Phi) is 6.83. The molecule has 0 aromatic heterocycles. The molecule has 3 fully saturated rings. The normalized spacial score (nSPS) is 40.8. The third-order valence-electron chi connectivity index (χ3n) is 9.39. The Bertz CT molecular complexity index is 1010. The summed E-state index contributed by atoms with van der Waals surface area (Å²) < 4.78 is 20.3. The van der Waals surface area contributed by atoms with Crippen molar-refractivity contribution >= 4 is 23.9 Å². The van der Waals surface area contributed by atoms with Crippen molar-refractivity contribution in [2.75, 3.05) is 20.3 Å². The van der Waals surface area contributed by atoms with Gasteiger partial charge in [0.1, 0.15) is 0 Å². The fraction of sp³-hybridized carbons (Fsp3) is 0.704. The quantitative estimate of drug-likeness (QED) is 0.557. The summed E-state index contributed by atoms with van der Waals surface area (Å²) >= 11 is 0. The highest BCUT2D eigenvalue weighted by Crippen LogP contribution is 2.68. The molecule has 0 bridgehead atoms. The molecule has 9 heteroatoms. The number of fused-ring (bicyclic) bond motifs is 5. The van der Waals surface area contributed by atoms with E-state index >= 15 is 0 Å². The summed E-state index contributed by atoms with van der Waals surface area (Å²) in [6.45, 7) is 7.15. The Labute approximate surface area is 211 Å². The van der Waals surface area contributed by atoms with E-state index in [4.69, 9.17) is 14.2 Å². The maximum atomic E-state index is 13.6. The van der Waals surface area contributed by atoms with Crippen LogP contribution >= 0.6 is 0 Å². The second-order valence-corrected chi connectivity index (χ2v) is 11.1. The van der Waals surface area contributed by atoms with Gasteiger partial charge in [0.2, 0.25) is 5.78 Å². The monoisotopic (exact) mass is 504 g/mol. The number of hydrogen-bond donors (Lipinski definition) is 1. The van der Waals surface area contributed by atoms with E-state index in [1.807, 2.05) is 13.0 Å². The van der Waals surface area contributed by atoms with Gasteiger partial charge in [-0.3, -0.25) is 9.59 Å². The van der Waals surface area contributed by atoms with Gasteiger partial charge >= 0.3 is 12.3 Å². The number of ether oxygens (including phenoxy) is 4. The van der Waals surface area contributed by atoms with E-state index in [1.54, 1.807) is 19.1 Å². The van der Waals surface area contributed by atoms with Gasteiger partial charge in [-0.1, -0.05) is 32.4 Å². The third-order valence-corrected chi connectivity index (χ3v) is 9.39. The van der Waals surface area contributed by atoms with Crippen LogP contribution in [-0.2, 0) is 28.5 Å². The Morgan fingerprint density at radius 1 is 1.17 bits per heavy atom. The van der Waals surface area contributed by atoms with Gasteiger partial charge in [-0.25, -0.2) is 9.59 Å². The maximum Gasteiger partial charge on any atom is 0.509 e. The lowest BCUT2D eigenvalue weighted by molar-refractivity contribution is -0.185. The average molecular weight is 505 g/mol. The van der Waals surface area contributed by atoms with E-state index in [1.165, 1.54) is 0 Å². The number of ketones is 2. The molecule has 0 heterocycles. The maximum absolute atomic E-state index is 13.6. The van der Waals surface area contributed by atoms with E-state index in [2.05, 4.69) is 18.6 Å². The second-order valence-electron chi connectivity index (χ2n) is 11.1. The van der Waals surface area contributed by atoms with Crippen molar-refractivity contribution in [3.05, 3.63) is 23.8 Å². The number of allylic oxidation sites excluding steroid dienone is 4. The summed E-state index contributed by atoms with van der Waals surface area (Å²) in [7, 11) is 1.14. The average Bonchev–Trinajstić information content (AvgIpc) is 3.10. The van der Waals surface area contributed by atoms with Crippen LogP contribution in [0.3, 0.4) is 0 Å². The van der Waals surface area contributed by atoms with Crippen LogP contribution < -0.4 is 0 Å². The molecule has 8 atom stereocenters. The fourth-order valence-electron chi connectivity index (χ4n) is 8.01. The summed E-state index contributed by atoms with van der Waals surface area (Å²) in [5.74, 6) is -0.663. The predicted octanol–water partition coefficient (Wildman–Crippen LogP) is 3.78. The van der Waals surface area contributed by atoms with Crippen LogP contribution in [0.5, 0.6) is 0 Å². The molecule has 36 heavy (non-hydrogen) atoms. The van der Waals surface area contributed by atoms with Crippen LogP contribution in [0.15, 0.2) is 23.8 Å². The van der Waals surface area contributed by atoms with Gasteiger partial charge in [0.15, 0.2) is 18.0 Å². The lowest BCUT2D eigenvalue weighted by Crippen LogP contribution is -2.63. The summed E-state index contributed by atoms with van der Waals surface area (Å²) in [5.41, 5.74) is -1.99. The van der Waals surface area contributed by atoms with Crippen LogP contribution in [-0.4, -0.2) is 61.0 Å². The molecule has 1 unspecified atom stereocenters. The number of Topliss-reactive ketones (excluding diaryl/α,β-unsaturated/α-hetero) is 1. The van der Waals surface area contributed by atoms with Crippen molar-refractivity contribution in [2.24, 2.45) is 34.5 Å². The van der Waals surface area contributed by atoms with Gasteiger partial charge in [-0.2, -0.15) is 0 Å². The summed E-state index contributed by atoms with van der Waals surface area (Å²) in [6.07, 6.45) is 4.20. The minimum absolute atomic E-state index is 0.0238. The van der Waals surface area contributed by atoms with Gasteiger partial charge in [-0.05, 0) is 62.5 Å². The molecule has 0 aromatic rings. The van der Waals surface area contributed by atoms with Gasteiger partial charge in [-0.15, -0.1) is 0 Å². The van der Waals surface area contributed by atoms with E-state index in [0.717, 1.165) is 19.1 Å². The van der Waals surface area contributed by atoms with Gasteiger partial charge < -0.3 is 24.1 Å². The molecule has 198 valence electrons. The minimum atomic E-state index is -1.62. The first-order chi connectivity index (χ1) is 16.9. The van der Waals surface area contributed by atoms with Gasteiger partial charge in [0, 0.05) is 16.7 Å². The number of carbonyl (C=O) groups excluding carboxylic acids is 4. The highest BCUT2D eigenvalue weighted by molar-refractivity contribution is 6.01. The summed E-state index contributed by atoms with van der Waals surface area (Å²) in [5, 5.41) is 11.6. The van der Waals surface area contributed by atoms with Crippen LogP contribution in [0.25, 0.3) is 0 Å².